The normalized spacial score (nSPS) is 19.3. The number of hydrogen-bond donors (Lipinski definition) is 1. The van der Waals surface area contributed by atoms with Crippen molar-refractivity contribution in [2.75, 3.05) is 16.6 Å². The maximum absolute atomic E-state index is 3.70. The van der Waals surface area contributed by atoms with Crippen molar-refractivity contribution in [1.29, 1.82) is 0 Å². The number of benzene rings is 2. The van der Waals surface area contributed by atoms with Gasteiger partial charge < -0.3 is 0 Å². The van der Waals surface area contributed by atoms with Gasteiger partial charge in [-0.15, -0.1) is 5.53 Å². The minimum absolute atomic E-state index is 0.250. The Hall–Kier alpha value is -1.52. The maximum atomic E-state index is 3.70. The van der Waals surface area contributed by atoms with Gasteiger partial charge in [0.1, 0.15) is 4.95 Å². The smallest absolute Gasteiger partial charge is 0.121 e. The molecule has 1 saturated heterocycles. The van der Waals surface area contributed by atoms with Gasteiger partial charge in [-0.25, -0.2) is 0 Å². The lowest BCUT2D eigenvalue weighted by atomic mass is 10.3. The molecule has 1 fully saturated rings. The van der Waals surface area contributed by atoms with Crippen LogP contribution in [0.2, 0.25) is 0 Å². The lowest BCUT2D eigenvalue weighted by Gasteiger charge is -2.23. The Labute approximate surface area is 115 Å². The molecular weight excluding hydrogens is 290 g/mol. The number of nitrogens with zero attached hydrogens (tertiary/aromatic N) is 2. The van der Waals surface area contributed by atoms with Gasteiger partial charge in [0, 0.05) is 0 Å². The van der Waals surface area contributed by atoms with E-state index < -0.39 is 0 Å². The fraction of sp³-hybridized carbons (Fsp3) is 0.143. The van der Waals surface area contributed by atoms with E-state index >= 15 is 0 Å². The van der Waals surface area contributed by atoms with Crippen LogP contribution >= 0.6 is 15.9 Å². The van der Waals surface area contributed by atoms with E-state index in [2.05, 4.69) is 55.7 Å². The van der Waals surface area contributed by atoms with E-state index in [1.54, 1.807) is 0 Å². The molecule has 0 radical (unpaired) electrons. The van der Waals surface area contributed by atoms with Crippen molar-refractivity contribution in [2.24, 2.45) is 0 Å². The Morgan fingerprint density at radius 1 is 0.889 bits per heavy atom. The molecule has 3 rings (SSSR count). The average molecular weight is 304 g/mol. The van der Waals surface area contributed by atoms with Gasteiger partial charge >= 0.3 is 0 Å². The van der Waals surface area contributed by atoms with Crippen LogP contribution in [0.4, 0.5) is 11.4 Å². The first-order valence-electron chi connectivity index (χ1n) is 5.92. The van der Waals surface area contributed by atoms with Gasteiger partial charge in [-0.1, -0.05) is 52.3 Å². The second-order valence-electron chi connectivity index (χ2n) is 4.19. The summed E-state index contributed by atoms with van der Waals surface area (Å²) in [5, 5.41) is 4.25. The summed E-state index contributed by atoms with van der Waals surface area (Å²) in [6.07, 6.45) is 0. The van der Waals surface area contributed by atoms with Gasteiger partial charge in [-0.05, 0) is 24.3 Å². The molecule has 1 N–H and O–H groups in total. The summed E-state index contributed by atoms with van der Waals surface area (Å²) in [5.74, 6) is 0. The summed E-state index contributed by atoms with van der Waals surface area (Å²) in [5.41, 5.74) is 5.71. The number of anilines is 2. The van der Waals surface area contributed by atoms with E-state index in [9.17, 15) is 0 Å². The summed E-state index contributed by atoms with van der Waals surface area (Å²) in [6, 6.07) is 20.6. The summed E-state index contributed by atoms with van der Waals surface area (Å²) < 4.78 is 0. The summed E-state index contributed by atoms with van der Waals surface area (Å²) in [6.45, 7) is 0.888. The van der Waals surface area contributed by atoms with Gasteiger partial charge in [0.15, 0.2) is 0 Å². The van der Waals surface area contributed by atoms with Gasteiger partial charge in [-0.2, -0.15) is 0 Å². The zero-order valence-corrected chi connectivity index (χ0v) is 11.4. The Morgan fingerprint density at radius 2 is 1.44 bits per heavy atom. The summed E-state index contributed by atoms with van der Waals surface area (Å²) >= 11 is 3.70. The molecule has 3 nitrogen and oxygen atoms in total. The van der Waals surface area contributed by atoms with Crippen molar-refractivity contribution in [2.45, 2.75) is 4.95 Å². The fourth-order valence-corrected chi connectivity index (χ4v) is 2.66. The molecule has 18 heavy (non-hydrogen) atoms. The predicted octanol–water partition coefficient (Wildman–Crippen LogP) is 3.15. The fourth-order valence-electron chi connectivity index (χ4n) is 2.04. The summed E-state index contributed by atoms with van der Waals surface area (Å²) in [7, 11) is 0. The van der Waals surface area contributed by atoms with Crippen LogP contribution in [0.1, 0.15) is 0 Å². The zero-order chi connectivity index (χ0) is 12.4. The first-order chi connectivity index (χ1) is 8.84. The molecule has 0 bridgehead atoms. The molecule has 1 aliphatic heterocycles. The molecule has 1 atom stereocenters. The molecule has 2 aromatic rings. The minimum atomic E-state index is 0.250. The number of alkyl halides is 1. The number of rotatable bonds is 2. The first kappa shape index (κ1) is 11.6. The highest BCUT2D eigenvalue weighted by molar-refractivity contribution is 9.09. The Balaban J connectivity index is 1.81. The largest absolute Gasteiger partial charge is 0.288 e. The van der Waals surface area contributed by atoms with Crippen LogP contribution in [0.5, 0.6) is 0 Å². The monoisotopic (exact) mass is 303 g/mol. The van der Waals surface area contributed by atoms with Crippen molar-refractivity contribution < 1.29 is 0 Å². The molecule has 4 heteroatoms. The molecule has 0 spiro atoms. The zero-order valence-electron chi connectivity index (χ0n) is 9.83. The van der Waals surface area contributed by atoms with Gasteiger partial charge in [0.25, 0.3) is 0 Å². The van der Waals surface area contributed by atoms with E-state index in [0.717, 1.165) is 12.2 Å². The van der Waals surface area contributed by atoms with Crippen molar-refractivity contribution in [3.63, 3.8) is 0 Å². The van der Waals surface area contributed by atoms with Gasteiger partial charge in [0.05, 0.1) is 17.9 Å². The quantitative estimate of drug-likeness (QED) is 0.679. The van der Waals surface area contributed by atoms with E-state index in [0.29, 0.717) is 0 Å². The topological polar surface area (TPSA) is 18.5 Å². The molecular formula is C14H14BrN3. The highest BCUT2D eigenvalue weighted by Crippen LogP contribution is 2.25. The van der Waals surface area contributed by atoms with E-state index in [1.807, 2.05) is 36.4 Å². The van der Waals surface area contributed by atoms with Crippen LogP contribution in [0.3, 0.4) is 0 Å². The number of hydrogen-bond acceptors (Lipinski definition) is 3. The van der Waals surface area contributed by atoms with Crippen LogP contribution < -0.4 is 15.6 Å². The average Bonchev–Trinajstić information content (AvgIpc) is 2.83. The van der Waals surface area contributed by atoms with Gasteiger partial charge in [-0.3, -0.25) is 10.0 Å². The Morgan fingerprint density at radius 3 is 2.06 bits per heavy atom. The number of halogens is 1. The lowest BCUT2D eigenvalue weighted by molar-refractivity contribution is 0.731. The molecule has 0 amide bonds. The second kappa shape index (κ2) is 5.00. The van der Waals surface area contributed by atoms with Crippen molar-refractivity contribution in [1.82, 2.24) is 5.53 Å². The van der Waals surface area contributed by atoms with Crippen LogP contribution in [0.25, 0.3) is 0 Å². The van der Waals surface area contributed by atoms with Crippen LogP contribution in [-0.2, 0) is 0 Å². The second-order valence-corrected chi connectivity index (χ2v) is 5.24. The molecule has 92 valence electrons. The molecule has 1 aliphatic rings. The van der Waals surface area contributed by atoms with Crippen LogP contribution in [-0.4, -0.2) is 11.5 Å². The van der Waals surface area contributed by atoms with E-state index in [-0.39, 0.29) is 4.95 Å². The third-order valence-corrected chi connectivity index (χ3v) is 3.64. The Bertz CT molecular complexity index is 503. The van der Waals surface area contributed by atoms with E-state index in [4.69, 9.17) is 0 Å². The molecule has 1 unspecified atom stereocenters. The molecule has 0 saturated carbocycles. The van der Waals surface area contributed by atoms with Crippen molar-refractivity contribution in [3.05, 3.63) is 60.7 Å². The highest BCUT2D eigenvalue weighted by atomic mass is 79.9. The third kappa shape index (κ3) is 2.21. The van der Waals surface area contributed by atoms with Crippen LogP contribution in [0, 0.1) is 0 Å². The SMILES string of the molecule is BrC1CN(c2ccccc2)NN1c1ccccc1. The van der Waals surface area contributed by atoms with Crippen molar-refractivity contribution in [3.8, 4) is 0 Å². The van der Waals surface area contributed by atoms with E-state index in [1.165, 1.54) is 5.69 Å². The number of para-hydroxylation sites is 2. The lowest BCUT2D eigenvalue weighted by Crippen LogP contribution is -2.40. The number of hydrazine groups is 2. The highest BCUT2D eigenvalue weighted by Gasteiger charge is 2.28. The van der Waals surface area contributed by atoms with Crippen LogP contribution in [0.15, 0.2) is 60.7 Å². The first-order valence-corrected chi connectivity index (χ1v) is 6.83. The Kier molecular flexibility index (Phi) is 3.21. The maximum Gasteiger partial charge on any atom is 0.121 e. The molecule has 0 aromatic heterocycles. The molecule has 2 aromatic carbocycles. The predicted molar refractivity (Wildman–Crippen MR) is 78.6 cm³/mol. The standard InChI is InChI=1S/C14H14BrN3/c15-14-11-17(12-7-3-1-4-8-12)16-18(14)13-9-5-2-6-10-13/h1-10,14,16H,11H2. The molecule has 1 heterocycles. The third-order valence-electron chi connectivity index (χ3n) is 2.94. The van der Waals surface area contributed by atoms with Gasteiger partial charge in [0.2, 0.25) is 0 Å². The molecule has 0 aliphatic carbocycles. The minimum Gasteiger partial charge on any atom is -0.288 e. The number of nitrogens with one attached hydrogen (secondary N) is 1. The summed E-state index contributed by atoms with van der Waals surface area (Å²) in [4.78, 5) is 0.250. The van der Waals surface area contributed by atoms with Crippen molar-refractivity contribution >= 4 is 27.3 Å².